The number of fused-ring (bicyclic) bond motifs is 1. The van der Waals surface area contributed by atoms with Gasteiger partial charge in [0.15, 0.2) is 0 Å². The summed E-state index contributed by atoms with van der Waals surface area (Å²) < 4.78 is 1.23. The van der Waals surface area contributed by atoms with Crippen molar-refractivity contribution in [1.82, 2.24) is 9.55 Å². The number of hydrogen-bond acceptors (Lipinski definition) is 4. The molecule has 6 heteroatoms. The molecule has 0 unspecified atom stereocenters. The fraction of sp³-hybridized carbons (Fsp3) is 0.150. The third-order valence-corrected chi connectivity index (χ3v) is 4.54. The van der Waals surface area contributed by atoms with Gasteiger partial charge >= 0.3 is 5.97 Å². The van der Waals surface area contributed by atoms with Crippen LogP contribution < -0.4 is 10.5 Å². The number of carboxylic acid groups (broad SMARTS) is 1. The molecule has 2 aromatic carbocycles. The standard InChI is InChI=1S/C20H17N3O3/c24-18(25)13-23-19(14-6-2-1-3-7-14)21-10-17(20(23)26)22-11-15-8-4-5-9-16(15)12-22/h1-10H,11-13H2,(H,24,25). The molecule has 1 aliphatic heterocycles. The molecule has 0 saturated heterocycles. The number of anilines is 1. The second-order valence-electron chi connectivity index (χ2n) is 6.24. The van der Waals surface area contributed by atoms with Gasteiger partial charge in [0.2, 0.25) is 0 Å². The fourth-order valence-electron chi connectivity index (χ4n) is 3.30. The first-order valence-corrected chi connectivity index (χ1v) is 8.32. The first-order chi connectivity index (χ1) is 12.6. The lowest BCUT2D eigenvalue weighted by atomic mass is 10.1. The summed E-state index contributed by atoms with van der Waals surface area (Å²) in [6.07, 6.45) is 1.55. The second-order valence-corrected chi connectivity index (χ2v) is 6.24. The zero-order valence-electron chi connectivity index (χ0n) is 14.0. The molecule has 3 aromatic rings. The predicted molar refractivity (Wildman–Crippen MR) is 97.9 cm³/mol. The zero-order valence-corrected chi connectivity index (χ0v) is 14.0. The van der Waals surface area contributed by atoms with Crippen molar-refractivity contribution in [3.63, 3.8) is 0 Å². The first-order valence-electron chi connectivity index (χ1n) is 8.32. The fourth-order valence-corrected chi connectivity index (χ4v) is 3.30. The molecule has 1 N–H and O–H groups in total. The molecule has 0 amide bonds. The van der Waals surface area contributed by atoms with Crippen LogP contribution in [0.5, 0.6) is 0 Å². The monoisotopic (exact) mass is 347 g/mol. The van der Waals surface area contributed by atoms with Gasteiger partial charge in [-0.25, -0.2) is 4.98 Å². The Kier molecular flexibility index (Phi) is 4.01. The molecule has 0 bridgehead atoms. The topological polar surface area (TPSA) is 75.4 Å². The van der Waals surface area contributed by atoms with Gasteiger partial charge in [-0.1, -0.05) is 54.6 Å². The van der Waals surface area contributed by atoms with E-state index in [9.17, 15) is 14.7 Å². The van der Waals surface area contributed by atoms with Crippen molar-refractivity contribution in [3.05, 3.63) is 82.3 Å². The molecule has 1 aliphatic rings. The van der Waals surface area contributed by atoms with Crippen LogP contribution in [0.2, 0.25) is 0 Å². The normalized spacial score (nSPS) is 12.8. The van der Waals surface area contributed by atoms with Gasteiger partial charge in [0.25, 0.3) is 5.56 Å². The third-order valence-electron chi connectivity index (χ3n) is 4.54. The Balaban J connectivity index is 1.79. The number of aromatic nitrogens is 2. The highest BCUT2D eigenvalue weighted by molar-refractivity contribution is 5.68. The van der Waals surface area contributed by atoms with E-state index in [0.717, 1.165) is 0 Å². The van der Waals surface area contributed by atoms with Crippen LogP contribution in [0.1, 0.15) is 11.1 Å². The minimum Gasteiger partial charge on any atom is -0.480 e. The van der Waals surface area contributed by atoms with Crippen LogP contribution in [0.4, 0.5) is 5.69 Å². The van der Waals surface area contributed by atoms with Crippen LogP contribution >= 0.6 is 0 Å². The van der Waals surface area contributed by atoms with Crippen molar-refractivity contribution in [2.24, 2.45) is 0 Å². The highest BCUT2D eigenvalue weighted by Gasteiger charge is 2.23. The Morgan fingerprint density at radius 3 is 2.23 bits per heavy atom. The molecule has 6 nitrogen and oxygen atoms in total. The van der Waals surface area contributed by atoms with Gasteiger partial charge in [-0.05, 0) is 11.1 Å². The van der Waals surface area contributed by atoms with Crippen molar-refractivity contribution in [1.29, 1.82) is 0 Å². The van der Waals surface area contributed by atoms with Gasteiger partial charge in [-0.3, -0.25) is 14.2 Å². The van der Waals surface area contributed by atoms with Crippen molar-refractivity contribution in [3.8, 4) is 11.4 Å². The molecule has 0 aliphatic carbocycles. The summed E-state index contributed by atoms with van der Waals surface area (Å²) in [5, 5.41) is 9.26. The molecule has 0 atom stereocenters. The summed E-state index contributed by atoms with van der Waals surface area (Å²) in [6.45, 7) is 0.806. The lowest BCUT2D eigenvalue weighted by molar-refractivity contribution is -0.137. The molecular weight excluding hydrogens is 330 g/mol. The largest absolute Gasteiger partial charge is 0.480 e. The Bertz CT molecular complexity index is 1000. The highest BCUT2D eigenvalue weighted by atomic mass is 16.4. The summed E-state index contributed by atoms with van der Waals surface area (Å²) in [5.41, 5.74) is 3.13. The summed E-state index contributed by atoms with van der Waals surface area (Å²) >= 11 is 0. The molecule has 0 radical (unpaired) electrons. The van der Waals surface area contributed by atoms with Crippen LogP contribution in [0.3, 0.4) is 0 Å². The van der Waals surface area contributed by atoms with Crippen LogP contribution in [0, 0.1) is 0 Å². The van der Waals surface area contributed by atoms with Crippen molar-refractivity contribution in [2.45, 2.75) is 19.6 Å². The third kappa shape index (κ3) is 2.86. The maximum atomic E-state index is 13.1. The SMILES string of the molecule is O=C(O)Cn1c(-c2ccccc2)ncc(N2Cc3ccccc3C2)c1=O. The minimum absolute atomic E-state index is 0.339. The zero-order chi connectivity index (χ0) is 18.1. The number of benzene rings is 2. The molecular formula is C20H17N3O3. The van der Waals surface area contributed by atoms with Gasteiger partial charge in [-0.15, -0.1) is 0 Å². The average Bonchev–Trinajstić information content (AvgIpc) is 3.07. The number of carbonyl (C=O) groups is 1. The van der Waals surface area contributed by atoms with Crippen molar-refractivity contribution in [2.75, 3.05) is 4.90 Å². The Hall–Kier alpha value is -3.41. The van der Waals surface area contributed by atoms with Crippen molar-refractivity contribution >= 4 is 11.7 Å². The maximum absolute atomic E-state index is 13.1. The number of aliphatic carboxylic acids is 1. The van der Waals surface area contributed by atoms with Crippen LogP contribution in [0.15, 0.2) is 65.6 Å². The van der Waals surface area contributed by atoms with E-state index in [0.29, 0.717) is 30.2 Å². The lowest BCUT2D eigenvalue weighted by Gasteiger charge is -2.19. The van der Waals surface area contributed by atoms with Crippen LogP contribution in [-0.2, 0) is 24.4 Å². The summed E-state index contributed by atoms with van der Waals surface area (Å²) in [6, 6.07) is 17.2. The van der Waals surface area contributed by atoms with E-state index in [1.807, 2.05) is 59.5 Å². The molecule has 2 heterocycles. The number of nitrogens with zero attached hydrogens (tertiary/aromatic N) is 3. The highest BCUT2D eigenvalue weighted by Crippen LogP contribution is 2.26. The lowest BCUT2D eigenvalue weighted by Crippen LogP contribution is -2.32. The average molecular weight is 347 g/mol. The van der Waals surface area contributed by atoms with Crippen molar-refractivity contribution < 1.29 is 9.90 Å². The van der Waals surface area contributed by atoms with Gasteiger partial charge in [0.05, 0.1) is 6.20 Å². The van der Waals surface area contributed by atoms with Gasteiger partial charge in [0.1, 0.15) is 18.1 Å². The van der Waals surface area contributed by atoms with Gasteiger partial charge < -0.3 is 10.0 Å². The Labute approximate surface area is 150 Å². The molecule has 26 heavy (non-hydrogen) atoms. The molecule has 0 fully saturated rings. The first kappa shape index (κ1) is 16.1. The number of hydrogen-bond donors (Lipinski definition) is 1. The summed E-state index contributed by atoms with van der Waals surface area (Å²) in [4.78, 5) is 30.7. The van der Waals surface area contributed by atoms with Crippen LogP contribution in [-0.4, -0.2) is 20.6 Å². The maximum Gasteiger partial charge on any atom is 0.323 e. The van der Waals surface area contributed by atoms with E-state index in [4.69, 9.17) is 0 Å². The van der Waals surface area contributed by atoms with E-state index < -0.39 is 12.5 Å². The number of carboxylic acids is 1. The van der Waals surface area contributed by atoms with E-state index in [2.05, 4.69) is 4.98 Å². The van der Waals surface area contributed by atoms with E-state index in [-0.39, 0.29) is 5.56 Å². The quantitative estimate of drug-likeness (QED) is 0.785. The molecule has 4 rings (SSSR count). The summed E-state index contributed by atoms with van der Waals surface area (Å²) in [7, 11) is 0. The molecule has 0 saturated carbocycles. The van der Waals surface area contributed by atoms with E-state index >= 15 is 0 Å². The molecule has 130 valence electrons. The van der Waals surface area contributed by atoms with Gasteiger partial charge in [0, 0.05) is 18.7 Å². The van der Waals surface area contributed by atoms with E-state index in [1.54, 1.807) is 6.20 Å². The van der Waals surface area contributed by atoms with Gasteiger partial charge in [-0.2, -0.15) is 0 Å². The van der Waals surface area contributed by atoms with E-state index in [1.165, 1.54) is 15.7 Å². The molecule has 1 aromatic heterocycles. The predicted octanol–water partition coefficient (Wildman–Crippen LogP) is 2.52. The minimum atomic E-state index is -1.08. The number of rotatable bonds is 4. The smallest absolute Gasteiger partial charge is 0.323 e. The summed E-state index contributed by atoms with van der Waals surface area (Å²) in [5.74, 6) is -0.716. The Morgan fingerprint density at radius 2 is 1.62 bits per heavy atom. The van der Waals surface area contributed by atoms with Crippen LogP contribution in [0.25, 0.3) is 11.4 Å². The molecule has 0 spiro atoms. The second kappa shape index (κ2) is 6.48. The Morgan fingerprint density at radius 1 is 1.00 bits per heavy atom.